The summed E-state index contributed by atoms with van der Waals surface area (Å²) in [5.41, 5.74) is 3.50. The van der Waals surface area contributed by atoms with Crippen LogP contribution in [0.25, 0.3) is 5.69 Å². The summed E-state index contributed by atoms with van der Waals surface area (Å²) in [5, 5.41) is 16.2. The number of aryl methyl sites for hydroxylation is 1. The molecule has 1 unspecified atom stereocenters. The molecule has 1 N–H and O–H groups in total. The normalized spacial score (nSPS) is 12.3. The Kier molecular flexibility index (Phi) is 7.24. The summed E-state index contributed by atoms with van der Waals surface area (Å²) >= 11 is 3.07. The van der Waals surface area contributed by atoms with Crippen LogP contribution in [0.3, 0.4) is 0 Å². The van der Waals surface area contributed by atoms with Crippen LogP contribution in [0.2, 0.25) is 0 Å². The molecule has 3 rings (SSSR count). The van der Waals surface area contributed by atoms with E-state index in [9.17, 15) is 4.79 Å². The summed E-state index contributed by atoms with van der Waals surface area (Å²) in [6.45, 7) is 2.70. The van der Waals surface area contributed by atoms with Crippen LogP contribution in [0.1, 0.15) is 24.1 Å². The number of thioether (sulfide) groups is 1. The fourth-order valence-corrected chi connectivity index (χ4v) is 4.45. The minimum Gasteiger partial charge on any atom is -0.353 e. The Bertz CT molecular complexity index is 892. The lowest BCUT2D eigenvalue weighted by molar-refractivity contribution is -0.118. The second kappa shape index (κ2) is 9.86. The molecule has 148 valence electrons. The van der Waals surface area contributed by atoms with Crippen LogP contribution >= 0.6 is 23.1 Å². The first kappa shape index (κ1) is 20.6. The van der Waals surface area contributed by atoms with Crippen molar-refractivity contribution >= 4 is 29.0 Å². The molecule has 2 aromatic heterocycles. The van der Waals surface area contributed by atoms with Crippen molar-refractivity contribution < 1.29 is 4.79 Å². The first-order chi connectivity index (χ1) is 13.6. The second-order valence-electron chi connectivity index (χ2n) is 6.59. The fourth-order valence-electron chi connectivity index (χ4n) is 2.99. The molecule has 0 aliphatic rings. The van der Waals surface area contributed by atoms with Gasteiger partial charge in [-0.15, -0.1) is 10.2 Å². The molecule has 0 spiro atoms. The molecule has 3 aromatic rings. The van der Waals surface area contributed by atoms with Gasteiger partial charge in [0.25, 0.3) is 0 Å². The number of rotatable bonds is 9. The van der Waals surface area contributed by atoms with E-state index < -0.39 is 0 Å². The van der Waals surface area contributed by atoms with E-state index in [1.165, 1.54) is 22.9 Å². The number of nitrogens with zero attached hydrogens (tertiary/aromatic N) is 4. The number of para-hydroxylation sites is 1. The minimum atomic E-state index is -0.00888. The molecule has 0 saturated heterocycles. The predicted molar refractivity (Wildman–Crippen MR) is 115 cm³/mol. The number of carbonyl (C=O) groups excluding carboxylic acids is 1. The summed E-state index contributed by atoms with van der Waals surface area (Å²) in [5.74, 6) is 0.293. The molecule has 1 amide bonds. The number of hydrogen-bond acceptors (Lipinski definition) is 6. The van der Waals surface area contributed by atoms with Crippen molar-refractivity contribution in [1.82, 2.24) is 25.0 Å². The van der Waals surface area contributed by atoms with E-state index in [2.05, 4.69) is 56.3 Å². The highest BCUT2D eigenvalue weighted by Gasteiger charge is 2.17. The molecule has 0 aliphatic carbocycles. The van der Waals surface area contributed by atoms with Crippen molar-refractivity contribution in [3.05, 3.63) is 58.5 Å². The smallest absolute Gasteiger partial charge is 0.230 e. The average molecular weight is 416 g/mol. The van der Waals surface area contributed by atoms with E-state index in [1.807, 2.05) is 30.8 Å². The predicted octanol–water partition coefficient (Wildman–Crippen LogP) is 3.40. The topological polar surface area (TPSA) is 63.1 Å². The Morgan fingerprint density at radius 3 is 2.86 bits per heavy atom. The van der Waals surface area contributed by atoms with Crippen LogP contribution in [0.4, 0.5) is 0 Å². The number of benzene rings is 1. The van der Waals surface area contributed by atoms with Crippen LogP contribution in [0.5, 0.6) is 0 Å². The first-order valence-corrected chi connectivity index (χ1v) is 11.1. The molecule has 0 aliphatic heterocycles. The third kappa shape index (κ3) is 5.01. The van der Waals surface area contributed by atoms with Crippen molar-refractivity contribution in [2.45, 2.75) is 24.5 Å². The van der Waals surface area contributed by atoms with Crippen molar-refractivity contribution in [3.63, 3.8) is 0 Å². The van der Waals surface area contributed by atoms with Crippen molar-refractivity contribution in [2.24, 2.45) is 0 Å². The van der Waals surface area contributed by atoms with E-state index in [1.54, 1.807) is 17.7 Å². The van der Waals surface area contributed by atoms with Crippen molar-refractivity contribution in [1.29, 1.82) is 0 Å². The minimum absolute atomic E-state index is 0.00888. The van der Waals surface area contributed by atoms with Gasteiger partial charge in [-0.2, -0.15) is 11.3 Å². The lowest BCUT2D eigenvalue weighted by Gasteiger charge is -2.24. The van der Waals surface area contributed by atoms with Gasteiger partial charge in [0.05, 0.1) is 17.5 Å². The quantitative estimate of drug-likeness (QED) is 0.543. The highest BCUT2D eigenvalue weighted by atomic mass is 32.2. The van der Waals surface area contributed by atoms with E-state index in [4.69, 9.17) is 0 Å². The molecule has 1 atom stereocenters. The van der Waals surface area contributed by atoms with Gasteiger partial charge in [0.1, 0.15) is 6.33 Å². The van der Waals surface area contributed by atoms with E-state index >= 15 is 0 Å². The monoisotopic (exact) mass is 415 g/mol. The second-order valence-corrected chi connectivity index (χ2v) is 8.32. The fraction of sp³-hybridized carbons (Fsp3) is 0.350. The number of carbonyl (C=O) groups is 1. The molecule has 28 heavy (non-hydrogen) atoms. The lowest BCUT2D eigenvalue weighted by Crippen LogP contribution is -2.35. The summed E-state index contributed by atoms with van der Waals surface area (Å²) in [4.78, 5) is 14.5. The van der Waals surface area contributed by atoms with Gasteiger partial charge in [0, 0.05) is 6.54 Å². The van der Waals surface area contributed by atoms with Crippen LogP contribution in [-0.2, 0) is 11.2 Å². The number of thiophene rings is 1. The summed E-state index contributed by atoms with van der Waals surface area (Å²) in [6, 6.07) is 10.4. The molecular formula is C20H25N5OS2. The van der Waals surface area contributed by atoms with Crippen LogP contribution < -0.4 is 5.32 Å². The largest absolute Gasteiger partial charge is 0.353 e. The molecule has 2 heterocycles. The molecule has 0 radical (unpaired) electrons. The molecule has 0 fully saturated rings. The maximum Gasteiger partial charge on any atom is 0.230 e. The maximum absolute atomic E-state index is 12.4. The Labute approximate surface area is 174 Å². The molecule has 0 saturated carbocycles. The van der Waals surface area contributed by atoms with E-state index in [0.717, 1.165) is 17.3 Å². The summed E-state index contributed by atoms with van der Waals surface area (Å²) < 4.78 is 1.95. The lowest BCUT2D eigenvalue weighted by atomic mass is 10.1. The number of likely N-dealkylation sites (N-methyl/N-ethyl adjacent to an activating group) is 1. The van der Waals surface area contributed by atoms with Gasteiger partial charge in [-0.1, -0.05) is 36.9 Å². The molecular weight excluding hydrogens is 390 g/mol. The zero-order valence-corrected chi connectivity index (χ0v) is 18.0. The molecule has 0 bridgehead atoms. The highest BCUT2D eigenvalue weighted by Crippen LogP contribution is 2.23. The Balaban J connectivity index is 1.59. The molecule has 1 aromatic carbocycles. The van der Waals surface area contributed by atoms with Gasteiger partial charge in [0.2, 0.25) is 5.91 Å². The number of amides is 1. The maximum atomic E-state index is 12.4. The Morgan fingerprint density at radius 2 is 2.14 bits per heavy atom. The zero-order chi connectivity index (χ0) is 19.9. The molecule has 6 nitrogen and oxygen atoms in total. The zero-order valence-electron chi connectivity index (χ0n) is 16.3. The Hall–Kier alpha value is -2.16. The van der Waals surface area contributed by atoms with Gasteiger partial charge in [-0.25, -0.2) is 0 Å². The standard InChI is InChI=1S/C20H25N5OS2/c1-4-15-7-5-6-8-17(15)25-14-22-23-20(25)28-13-19(26)21-11-18(24(2)3)16-9-10-27-12-16/h5-10,12,14,18H,4,11,13H2,1-3H3,(H,21,26). The van der Waals surface area contributed by atoms with Gasteiger partial charge in [-0.05, 0) is 54.5 Å². The number of aromatic nitrogens is 3. The number of nitrogens with one attached hydrogen (secondary N) is 1. The first-order valence-electron chi connectivity index (χ1n) is 9.16. The third-order valence-corrected chi connectivity index (χ3v) is 6.17. The van der Waals surface area contributed by atoms with E-state index in [-0.39, 0.29) is 11.9 Å². The third-order valence-electron chi connectivity index (χ3n) is 4.52. The summed E-state index contributed by atoms with van der Waals surface area (Å²) in [6.07, 6.45) is 2.63. The van der Waals surface area contributed by atoms with Crippen molar-refractivity contribution in [2.75, 3.05) is 26.4 Å². The van der Waals surface area contributed by atoms with Crippen molar-refractivity contribution in [3.8, 4) is 5.69 Å². The average Bonchev–Trinajstić information content (AvgIpc) is 3.38. The summed E-state index contributed by atoms with van der Waals surface area (Å²) in [7, 11) is 4.05. The Morgan fingerprint density at radius 1 is 1.32 bits per heavy atom. The van der Waals surface area contributed by atoms with Gasteiger partial charge < -0.3 is 10.2 Å². The SMILES string of the molecule is CCc1ccccc1-n1cnnc1SCC(=O)NCC(c1ccsc1)N(C)C. The van der Waals surface area contributed by atoms with Gasteiger partial charge in [0.15, 0.2) is 5.16 Å². The molecule has 8 heteroatoms. The van der Waals surface area contributed by atoms with Crippen LogP contribution in [0, 0.1) is 0 Å². The van der Waals surface area contributed by atoms with E-state index in [0.29, 0.717) is 12.3 Å². The van der Waals surface area contributed by atoms with Gasteiger partial charge >= 0.3 is 0 Å². The van der Waals surface area contributed by atoms with Crippen LogP contribution in [-0.4, -0.2) is 52.0 Å². The van der Waals surface area contributed by atoms with Crippen LogP contribution in [0.15, 0.2) is 52.6 Å². The number of hydrogen-bond donors (Lipinski definition) is 1. The highest BCUT2D eigenvalue weighted by molar-refractivity contribution is 7.99. The van der Waals surface area contributed by atoms with Gasteiger partial charge in [-0.3, -0.25) is 9.36 Å².